The lowest BCUT2D eigenvalue weighted by Crippen LogP contribution is -2.37. The number of quaternary nitrogens is 1. The van der Waals surface area contributed by atoms with Gasteiger partial charge in [0, 0.05) is 13.0 Å². The fourth-order valence-corrected chi connectivity index (χ4v) is 6.23. The van der Waals surface area contributed by atoms with E-state index in [0.717, 1.165) is 57.8 Å². The van der Waals surface area contributed by atoms with Gasteiger partial charge in [-0.1, -0.05) is 152 Å². The number of hydrogen-bond acceptors (Lipinski definition) is 7. The Bertz CT molecular complexity index is 989. The second kappa shape index (κ2) is 37.4. The predicted molar refractivity (Wildman–Crippen MR) is 222 cm³/mol. The molecule has 0 aliphatic heterocycles. The maximum absolute atomic E-state index is 12.5. The van der Waals surface area contributed by atoms with Crippen molar-refractivity contribution >= 4 is 13.8 Å². The maximum Gasteiger partial charge on any atom is 0.305 e. The van der Waals surface area contributed by atoms with Crippen molar-refractivity contribution in [3.63, 3.8) is 0 Å². The molecule has 8 nitrogen and oxygen atoms in total. The average molecular weight is 768 g/mol. The van der Waals surface area contributed by atoms with Crippen LogP contribution in [0.5, 0.6) is 0 Å². The van der Waals surface area contributed by atoms with Crippen LogP contribution < -0.4 is 4.89 Å². The number of rotatable bonds is 39. The molecule has 0 aliphatic rings. The van der Waals surface area contributed by atoms with Crippen LogP contribution in [0.25, 0.3) is 0 Å². The molecule has 0 N–H and O–H groups in total. The van der Waals surface area contributed by atoms with Crippen LogP contribution >= 0.6 is 7.82 Å². The quantitative estimate of drug-likeness (QED) is 0.0202. The number of phosphoric acid groups is 1. The van der Waals surface area contributed by atoms with Gasteiger partial charge in [-0.2, -0.15) is 0 Å². The topological polar surface area (TPSA) is 94.1 Å². The van der Waals surface area contributed by atoms with E-state index in [2.05, 4.69) is 62.5 Å². The third kappa shape index (κ3) is 41.5. The van der Waals surface area contributed by atoms with E-state index in [4.69, 9.17) is 18.5 Å². The molecule has 9 heteroatoms. The predicted octanol–water partition coefficient (Wildman–Crippen LogP) is 11.7. The molecule has 310 valence electrons. The summed E-state index contributed by atoms with van der Waals surface area (Å²) in [6.07, 6.45) is 44.2. The van der Waals surface area contributed by atoms with Gasteiger partial charge in [0.2, 0.25) is 0 Å². The summed E-state index contributed by atoms with van der Waals surface area (Å²) < 4.78 is 34.5. The lowest BCUT2D eigenvalue weighted by molar-refractivity contribution is -0.870. The number of allylic oxidation sites excluding steroid dienone is 8. The van der Waals surface area contributed by atoms with Crippen molar-refractivity contribution in [1.82, 2.24) is 0 Å². The van der Waals surface area contributed by atoms with Crippen LogP contribution in [-0.2, 0) is 27.9 Å². The van der Waals surface area contributed by atoms with Crippen LogP contribution in [0.2, 0.25) is 0 Å². The van der Waals surface area contributed by atoms with Crippen LogP contribution in [0, 0.1) is 0 Å². The molecular weight excluding hydrogens is 685 g/mol. The van der Waals surface area contributed by atoms with Crippen molar-refractivity contribution in [1.29, 1.82) is 0 Å². The van der Waals surface area contributed by atoms with Crippen LogP contribution in [0.3, 0.4) is 0 Å². The van der Waals surface area contributed by atoms with E-state index in [1.807, 2.05) is 21.1 Å². The van der Waals surface area contributed by atoms with E-state index in [-0.39, 0.29) is 25.8 Å². The SMILES string of the molecule is CCCCC/C=C\C/C=C\C/C=C\C/C=C\CCCCO[C@H](COC(=O)CCCCCCCCCCCCCCC)COP(=O)([O-])OCC[N+](C)(C)C. The lowest BCUT2D eigenvalue weighted by atomic mass is 10.0. The molecule has 0 amide bonds. The van der Waals surface area contributed by atoms with E-state index in [1.54, 1.807) is 0 Å². The van der Waals surface area contributed by atoms with Gasteiger partial charge in [0.15, 0.2) is 0 Å². The zero-order chi connectivity index (χ0) is 39.1. The second-order valence-electron chi connectivity index (χ2n) is 15.3. The number of esters is 1. The molecule has 0 spiro atoms. The molecule has 0 aromatic rings. The normalized spacial score (nSPS) is 14.3. The second-order valence-corrected chi connectivity index (χ2v) is 16.8. The number of unbranched alkanes of at least 4 members (excludes halogenated alkanes) is 17. The van der Waals surface area contributed by atoms with Gasteiger partial charge >= 0.3 is 5.97 Å². The van der Waals surface area contributed by atoms with Gasteiger partial charge in [-0.25, -0.2) is 0 Å². The van der Waals surface area contributed by atoms with Crippen LogP contribution in [0.15, 0.2) is 48.6 Å². The molecule has 0 aromatic carbocycles. The summed E-state index contributed by atoms with van der Waals surface area (Å²) in [7, 11) is 1.37. The first-order valence-electron chi connectivity index (χ1n) is 21.4. The summed E-state index contributed by atoms with van der Waals surface area (Å²) in [6.45, 7) is 5.16. The molecule has 0 rings (SSSR count). The molecule has 0 saturated heterocycles. The Labute approximate surface area is 327 Å². The van der Waals surface area contributed by atoms with Gasteiger partial charge in [-0.05, 0) is 57.8 Å². The summed E-state index contributed by atoms with van der Waals surface area (Å²) in [5, 5.41) is 0. The maximum atomic E-state index is 12.5. The molecule has 0 aromatic heterocycles. The highest BCUT2D eigenvalue weighted by atomic mass is 31.2. The van der Waals surface area contributed by atoms with Gasteiger partial charge in [-0.15, -0.1) is 0 Å². The molecule has 0 fully saturated rings. The minimum absolute atomic E-state index is 0.0292. The number of nitrogens with zero attached hydrogens (tertiary/aromatic N) is 1. The lowest BCUT2D eigenvalue weighted by Gasteiger charge is -2.28. The molecule has 0 radical (unpaired) electrons. The molecule has 1 unspecified atom stereocenters. The van der Waals surface area contributed by atoms with Crippen molar-refractivity contribution in [2.75, 3.05) is 54.1 Å². The fraction of sp³-hybridized carbons (Fsp3) is 0.795. The highest BCUT2D eigenvalue weighted by Crippen LogP contribution is 2.38. The van der Waals surface area contributed by atoms with E-state index in [0.29, 0.717) is 24.1 Å². The highest BCUT2D eigenvalue weighted by Gasteiger charge is 2.19. The smallest absolute Gasteiger partial charge is 0.305 e. The van der Waals surface area contributed by atoms with Crippen LogP contribution in [0.4, 0.5) is 0 Å². The third-order valence-electron chi connectivity index (χ3n) is 8.92. The van der Waals surface area contributed by atoms with Crippen molar-refractivity contribution in [2.24, 2.45) is 0 Å². The Hall–Kier alpha value is -1.54. The summed E-state index contributed by atoms with van der Waals surface area (Å²) in [5.41, 5.74) is 0. The number of hydrogen-bond donors (Lipinski definition) is 0. The summed E-state index contributed by atoms with van der Waals surface area (Å²) >= 11 is 0. The Morgan fingerprint density at radius 3 is 1.55 bits per heavy atom. The monoisotopic (exact) mass is 768 g/mol. The fourth-order valence-electron chi connectivity index (χ4n) is 5.50. The van der Waals surface area contributed by atoms with Gasteiger partial charge in [0.1, 0.15) is 25.9 Å². The summed E-state index contributed by atoms with van der Waals surface area (Å²) in [4.78, 5) is 24.8. The zero-order valence-electron chi connectivity index (χ0n) is 35.0. The Balaban J connectivity index is 4.34. The van der Waals surface area contributed by atoms with E-state index >= 15 is 0 Å². The highest BCUT2D eigenvalue weighted by molar-refractivity contribution is 7.45. The minimum atomic E-state index is -4.50. The molecule has 53 heavy (non-hydrogen) atoms. The third-order valence-corrected chi connectivity index (χ3v) is 9.89. The Kier molecular flexibility index (Phi) is 36.3. The number of ether oxygens (including phenoxy) is 2. The minimum Gasteiger partial charge on any atom is -0.756 e. The molecule has 0 heterocycles. The molecule has 0 aliphatic carbocycles. The van der Waals surface area contributed by atoms with Gasteiger partial charge in [-0.3, -0.25) is 9.36 Å². The van der Waals surface area contributed by atoms with Gasteiger partial charge < -0.3 is 27.9 Å². The van der Waals surface area contributed by atoms with Crippen molar-refractivity contribution < 1.29 is 37.3 Å². The molecule has 0 saturated carbocycles. The van der Waals surface area contributed by atoms with Crippen molar-refractivity contribution in [3.8, 4) is 0 Å². The van der Waals surface area contributed by atoms with Crippen molar-refractivity contribution in [2.45, 2.75) is 174 Å². The Morgan fingerprint density at radius 2 is 1.04 bits per heavy atom. The zero-order valence-corrected chi connectivity index (χ0v) is 35.8. The van der Waals surface area contributed by atoms with Gasteiger partial charge in [0.25, 0.3) is 7.82 Å². The molecule has 0 bridgehead atoms. The van der Waals surface area contributed by atoms with Gasteiger partial charge in [0.05, 0.1) is 27.7 Å². The first-order chi connectivity index (χ1) is 25.6. The number of carbonyl (C=O) groups excluding carboxylic acids is 1. The Morgan fingerprint density at radius 1 is 0.585 bits per heavy atom. The molecular formula is C44H82NO7P. The molecule has 2 atom stereocenters. The first kappa shape index (κ1) is 51.5. The van der Waals surface area contributed by atoms with Crippen LogP contribution in [-0.4, -0.2) is 70.7 Å². The van der Waals surface area contributed by atoms with E-state index in [1.165, 1.54) is 89.9 Å². The summed E-state index contributed by atoms with van der Waals surface area (Å²) in [6, 6.07) is 0. The first-order valence-corrected chi connectivity index (χ1v) is 22.8. The van der Waals surface area contributed by atoms with E-state index in [9.17, 15) is 14.3 Å². The number of carbonyl (C=O) groups is 1. The largest absolute Gasteiger partial charge is 0.756 e. The van der Waals surface area contributed by atoms with Crippen molar-refractivity contribution in [3.05, 3.63) is 48.6 Å². The van der Waals surface area contributed by atoms with Crippen LogP contribution in [0.1, 0.15) is 168 Å². The average Bonchev–Trinajstić information content (AvgIpc) is 3.11. The van der Waals surface area contributed by atoms with E-state index < -0.39 is 13.9 Å². The standard InChI is InChI=1S/C44H82NO7P/c1-6-8-10-12-14-16-18-20-21-22-23-24-26-28-30-32-34-36-39-49-43(42-52-53(47,48)51-40-38-45(3,4)5)41-50-44(46)37-35-33-31-29-27-25-19-17-15-13-11-9-7-2/h14,16,20-21,23-24,28,30,43H,6-13,15,17-19,22,25-27,29,31-42H2,1-5H3/b16-14-,21-20-,24-23-,30-28-/t43-/m1/s1. The number of phosphoric ester groups is 1. The number of likely N-dealkylation sites (N-methyl/N-ethyl adjacent to an activating group) is 1. The summed E-state index contributed by atoms with van der Waals surface area (Å²) in [5.74, 6) is -0.285.